The number of hydrogen-bond acceptors (Lipinski definition) is 2. The van der Waals surface area contributed by atoms with Crippen molar-refractivity contribution in [3.63, 3.8) is 0 Å². The second-order valence-electron chi connectivity index (χ2n) is 4.72. The number of rotatable bonds is 5. The zero-order chi connectivity index (χ0) is 13.0. The molecule has 0 spiro atoms. The third kappa shape index (κ3) is 3.32. The van der Waals surface area contributed by atoms with Gasteiger partial charge < -0.3 is 4.74 Å². The van der Waals surface area contributed by atoms with Gasteiger partial charge in [-0.1, -0.05) is 26.0 Å². The van der Waals surface area contributed by atoms with Crippen molar-refractivity contribution in [1.29, 1.82) is 0 Å². The van der Waals surface area contributed by atoms with Crippen LogP contribution in [-0.2, 0) is 4.79 Å². The van der Waals surface area contributed by atoms with Gasteiger partial charge in [-0.3, -0.25) is 4.79 Å². The third-order valence-corrected chi connectivity index (χ3v) is 3.39. The highest BCUT2D eigenvalue weighted by molar-refractivity contribution is 5.82. The molecule has 0 saturated carbocycles. The number of aryl methyl sites for hydroxylation is 2. The number of ketones is 1. The molecule has 0 aliphatic heterocycles. The van der Waals surface area contributed by atoms with Gasteiger partial charge in [0.1, 0.15) is 12.4 Å². The van der Waals surface area contributed by atoms with Gasteiger partial charge in [0.25, 0.3) is 0 Å². The zero-order valence-corrected chi connectivity index (χ0v) is 11.5. The van der Waals surface area contributed by atoms with Crippen LogP contribution in [0.1, 0.15) is 37.0 Å². The van der Waals surface area contributed by atoms with Crippen LogP contribution in [0.25, 0.3) is 0 Å². The van der Waals surface area contributed by atoms with E-state index >= 15 is 0 Å². The first-order chi connectivity index (χ1) is 7.97. The molecule has 0 aromatic heterocycles. The molecule has 1 aromatic carbocycles. The highest BCUT2D eigenvalue weighted by Gasteiger charge is 2.13. The Morgan fingerprint density at radius 1 is 1.24 bits per heavy atom. The van der Waals surface area contributed by atoms with E-state index in [9.17, 15) is 4.79 Å². The molecule has 0 heterocycles. The molecule has 0 N–H and O–H groups in total. The molecule has 0 fully saturated rings. The van der Waals surface area contributed by atoms with Gasteiger partial charge in [0.2, 0.25) is 0 Å². The Hall–Kier alpha value is -1.31. The Kier molecular flexibility index (Phi) is 4.73. The number of ether oxygens (including phenoxy) is 1. The fraction of sp³-hybridized carbons (Fsp3) is 0.533. The molecule has 1 aromatic rings. The minimum Gasteiger partial charge on any atom is -0.485 e. The maximum Gasteiger partial charge on any atom is 0.172 e. The quantitative estimate of drug-likeness (QED) is 0.778. The summed E-state index contributed by atoms with van der Waals surface area (Å²) in [5.74, 6) is 1.12. The summed E-state index contributed by atoms with van der Waals surface area (Å²) in [5, 5.41) is 0. The maximum atomic E-state index is 11.7. The Balaban J connectivity index is 2.76. The summed E-state index contributed by atoms with van der Waals surface area (Å²) >= 11 is 0. The third-order valence-electron chi connectivity index (χ3n) is 3.39. The average molecular weight is 234 g/mol. The summed E-state index contributed by atoms with van der Waals surface area (Å²) in [7, 11) is 0. The van der Waals surface area contributed by atoms with E-state index in [0.29, 0.717) is 0 Å². The molecule has 1 unspecified atom stereocenters. The fourth-order valence-electron chi connectivity index (χ4n) is 1.66. The van der Waals surface area contributed by atoms with Gasteiger partial charge in [-0.25, -0.2) is 0 Å². The molecular formula is C15H22O2. The van der Waals surface area contributed by atoms with Crippen LogP contribution in [0.4, 0.5) is 0 Å². The minimum absolute atomic E-state index is 0.0837. The standard InChI is InChI=1S/C15H22O2/c1-6-10(2)14(16)9-17-15-12(4)8-7-11(3)13(15)5/h7-8,10H,6,9H2,1-5H3. The van der Waals surface area contributed by atoms with E-state index in [1.807, 2.05) is 33.8 Å². The van der Waals surface area contributed by atoms with Crippen molar-refractivity contribution in [2.24, 2.45) is 5.92 Å². The monoisotopic (exact) mass is 234 g/mol. The van der Waals surface area contributed by atoms with E-state index in [0.717, 1.165) is 23.3 Å². The van der Waals surface area contributed by atoms with E-state index in [1.54, 1.807) is 0 Å². The van der Waals surface area contributed by atoms with Gasteiger partial charge in [0, 0.05) is 5.92 Å². The van der Waals surface area contributed by atoms with Crippen molar-refractivity contribution in [2.75, 3.05) is 6.61 Å². The molecular weight excluding hydrogens is 212 g/mol. The highest BCUT2D eigenvalue weighted by atomic mass is 16.5. The largest absolute Gasteiger partial charge is 0.485 e. The van der Waals surface area contributed by atoms with Crippen molar-refractivity contribution in [2.45, 2.75) is 41.0 Å². The minimum atomic E-state index is 0.0837. The Bertz CT molecular complexity index is 408. The van der Waals surface area contributed by atoms with Crippen molar-refractivity contribution in [1.82, 2.24) is 0 Å². The Labute approximate surface area is 104 Å². The lowest BCUT2D eigenvalue weighted by atomic mass is 10.0. The Morgan fingerprint density at radius 2 is 1.82 bits per heavy atom. The second-order valence-corrected chi connectivity index (χ2v) is 4.72. The molecule has 94 valence electrons. The lowest BCUT2D eigenvalue weighted by Crippen LogP contribution is -2.19. The maximum absolute atomic E-state index is 11.7. The van der Waals surface area contributed by atoms with Crippen molar-refractivity contribution >= 4 is 5.78 Å². The van der Waals surface area contributed by atoms with Crippen LogP contribution in [0.3, 0.4) is 0 Å². The van der Waals surface area contributed by atoms with Crippen LogP contribution in [0, 0.1) is 26.7 Å². The van der Waals surface area contributed by atoms with E-state index in [4.69, 9.17) is 4.74 Å². The van der Waals surface area contributed by atoms with Crippen LogP contribution in [-0.4, -0.2) is 12.4 Å². The second kappa shape index (κ2) is 5.85. The van der Waals surface area contributed by atoms with Gasteiger partial charge in [-0.15, -0.1) is 0 Å². The van der Waals surface area contributed by atoms with Crippen molar-refractivity contribution in [3.8, 4) is 5.75 Å². The van der Waals surface area contributed by atoms with E-state index in [-0.39, 0.29) is 18.3 Å². The highest BCUT2D eigenvalue weighted by Crippen LogP contribution is 2.25. The number of benzene rings is 1. The number of carbonyl (C=O) groups is 1. The van der Waals surface area contributed by atoms with Gasteiger partial charge in [0.15, 0.2) is 5.78 Å². The molecule has 1 rings (SSSR count). The van der Waals surface area contributed by atoms with E-state index < -0.39 is 0 Å². The van der Waals surface area contributed by atoms with Gasteiger partial charge in [-0.05, 0) is 43.9 Å². The summed E-state index contributed by atoms with van der Waals surface area (Å²) in [6.07, 6.45) is 0.869. The zero-order valence-electron chi connectivity index (χ0n) is 11.5. The summed E-state index contributed by atoms with van der Waals surface area (Å²) < 4.78 is 5.68. The summed E-state index contributed by atoms with van der Waals surface area (Å²) in [6.45, 7) is 10.2. The topological polar surface area (TPSA) is 26.3 Å². The van der Waals surface area contributed by atoms with Crippen molar-refractivity contribution in [3.05, 3.63) is 28.8 Å². The van der Waals surface area contributed by atoms with Crippen LogP contribution < -0.4 is 4.74 Å². The molecule has 0 aliphatic rings. The molecule has 0 amide bonds. The predicted octanol–water partition coefficient (Wildman–Crippen LogP) is 3.61. The Morgan fingerprint density at radius 3 is 2.41 bits per heavy atom. The molecule has 0 bridgehead atoms. The predicted molar refractivity (Wildman–Crippen MR) is 70.6 cm³/mol. The first-order valence-corrected chi connectivity index (χ1v) is 6.19. The van der Waals surface area contributed by atoms with Crippen LogP contribution in [0.2, 0.25) is 0 Å². The van der Waals surface area contributed by atoms with Gasteiger partial charge in [-0.2, -0.15) is 0 Å². The SMILES string of the molecule is CCC(C)C(=O)COc1c(C)ccc(C)c1C. The molecule has 2 heteroatoms. The molecule has 0 aliphatic carbocycles. The number of Topliss-reactive ketones (excluding diaryl/α,β-unsaturated/α-hetero) is 1. The molecule has 0 radical (unpaired) electrons. The lowest BCUT2D eigenvalue weighted by molar-refractivity contribution is -0.124. The van der Waals surface area contributed by atoms with Crippen LogP contribution in [0.15, 0.2) is 12.1 Å². The first-order valence-electron chi connectivity index (χ1n) is 6.19. The van der Waals surface area contributed by atoms with Crippen LogP contribution in [0.5, 0.6) is 5.75 Å². The van der Waals surface area contributed by atoms with E-state index in [2.05, 4.69) is 13.0 Å². The summed E-state index contributed by atoms with van der Waals surface area (Å²) in [4.78, 5) is 11.7. The van der Waals surface area contributed by atoms with Crippen molar-refractivity contribution < 1.29 is 9.53 Å². The molecule has 1 atom stereocenters. The van der Waals surface area contributed by atoms with E-state index in [1.165, 1.54) is 5.56 Å². The average Bonchev–Trinajstić information content (AvgIpc) is 2.32. The van der Waals surface area contributed by atoms with Gasteiger partial charge in [0.05, 0.1) is 0 Å². The van der Waals surface area contributed by atoms with Crippen LogP contribution >= 0.6 is 0 Å². The summed E-state index contributed by atoms with van der Waals surface area (Å²) in [6, 6.07) is 4.11. The smallest absolute Gasteiger partial charge is 0.172 e. The lowest BCUT2D eigenvalue weighted by Gasteiger charge is -2.14. The fourth-order valence-corrected chi connectivity index (χ4v) is 1.66. The van der Waals surface area contributed by atoms with Gasteiger partial charge >= 0.3 is 0 Å². The molecule has 2 nitrogen and oxygen atoms in total. The molecule has 0 saturated heterocycles. The summed E-state index contributed by atoms with van der Waals surface area (Å²) in [5.41, 5.74) is 3.41. The number of carbonyl (C=O) groups excluding carboxylic acids is 1. The normalized spacial score (nSPS) is 12.3. The first kappa shape index (κ1) is 13.8. The molecule has 17 heavy (non-hydrogen) atoms. The number of hydrogen-bond donors (Lipinski definition) is 0.